The van der Waals surface area contributed by atoms with Gasteiger partial charge in [-0.15, -0.1) is 0 Å². The molecule has 0 aliphatic rings. The van der Waals surface area contributed by atoms with Crippen molar-refractivity contribution in [3.05, 3.63) is 94.0 Å². The summed E-state index contributed by atoms with van der Waals surface area (Å²) in [4.78, 5) is 1.94. The van der Waals surface area contributed by atoms with E-state index in [4.69, 9.17) is 27.7 Å². The Bertz CT molecular complexity index is 1010. The number of aliphatic hydroxyl groups excluding tert-OH is 1. The van der Waals surface area contributed by atoms with Gasteiger partial charge in [-0.1, -0.05) is 59.6 Å². The van der Waals surface area contributed by atoms with Crippen LogP contribution in [-0.4, -0.2) is 19.2 Å². The molecule has 0 bridgehead atoms. The van der Waals surface area contributed by atoms with Crippen molar-refractivity contribution in [2.45, 2.75) is 12.5 Å². The Kier molecular flexibility index (Phi) is 7.05. The maximum absolute atomic E-state index is 14.0. The van der Waals surface area contributed by atoms with Crippen LogP contribution in [0.2, 0.25) is 10.0 Å². The molecule has 0 heterocycles. The molecule has 0 saturated carbocycles. The molecule has 0 aliphatic heterocycles. The molecule has 0 fully saturated rings. The topological polar surface area (TPSA) is 49.8 Å². The fourth-order valence-corrected chi connectivity index (χ4v) is 5.54. The first-order valence-electron chi connectivity index (χ1n) is 9.00. The molecule has 0 aromatic heterocycles. The van der Waals surface area contributed by atoms with Crippen molar-refractivity contribution >= 4 is 41.6 Å². The highest BCUT2D eigenvalue weighted by Gasteiger charge is 2.37. The zero-order chi connectivity index (χ0) is 21.0. The van der Waals surface area contributed by atoms with E-state index in [0.717, 1.165) is 11.3 Å². The Morgan fingerprint density at radius 1 is 1.00 bits per heavy atom. The van der Waals surface area contributed by atoms with Crippen LogP contribution in [0.3, 0.4) is 0 Å². The summed E-state index contributed by atoms with van der Waals surface area (Å²) in [5.74, 6) is -1.43. The van der Waals surface area contributed by atoms with Gasteiger partial charge in [0.25, 0.3) is 7.37 Å². The van der Waals surface area contributed by atoms with E-state index in [1.54, 1.807) is 24.3 Å². The summed E-state index contributed by atoms with van der Waals surface area (Å²) in [6, 6.07) is 21.2. The molecule has 0 saturated heterocycles. The number of halogens is 2. The van der Waals surface area contributed by atoms with E-state index in [0.29, 0.717) is 15.9 Å². The molecule has 3 aromatic rings. The summed E-state index contributed by atoms with van der Waals surface area (Å²) in [5.41, 5.74) is 2.11. The van der Waals surface area contributed by atoms with E-state index < -0.39 is 13.2 Å². The van der Waals surface area contributed by atoms with Crippen LogP contribution in [0.5, 0.6) is 0 Å². The highest BCUT2D eigenvalue weighted by Crippen LogP contribution is 2.59. The molecule has 0 spiro atoms. The van der Waals surface area contributed by atoms with Crippen molar-refractivity contribution < 1.29 is 14.2 Å². The number of benzene rings is 3. The van der Waals surface area contributed by atoms with Crippen molar-refractivity contribution in [1.29, 1.82) is 0 Å². The first-order chi connectivity index (χ1) is 13.8. The smallest absolute Gasteiger partial charge is 0.264 e. The number of hydrogen-bond donors (Lipinski definition) is 1. The van der Waals surface area contributed by atoms with Gasteiger partial charge in [-0.05, 0) is 42.0 Å². The van der Waals surface area contributed by atoms with Crippen LogP contribution >= 0.6 is 30.6 Å². The summed E-state index contributed by atoms with van der Waals surface area (Å²) < 4.78 is 19.9. The second-order valence-electron chi connectivity index (χ2n) is 6.81. The third kappa shape index (κ3) is 5.03. The van der Waals surface area contributed by atoms with E-state index >= 15 is 0 Å². The fraction of sp³-hybridized carbons (Fsp3) is 0.182. The minimum absolute atomic E-state index is 0.0931. The Hall–Kier alpha value is -1.81. The van der Waals surface area contributed by atoms with Crippen LogP contribution in [0.1, 0.15) is 17.0 Å². The summed E-state index contributed by atoms with van der Waals surface area (Å²) >= 11 is 12.2. The lowest BCUT2D eigenvalue weighted by Gasteiger charge is -2.26. The maximum atomic E-state index is 14.0. The summed E-state index contributed by atoms with van der Waals surface area (Å²) in [6.07, 6.45) is 0. The van der Waals surface area contributed by atoms with Crippen LogP contribution in [0.4, 0.5) is 5.69 Å². The number of aliphatic hydroxyl groups is 1. The van der Waals surface area contributed by atoms with Crippen LogP contribution in [0.25, 0.3) is 0 Å². The predicted molar refractivity (Wildman–Crippen MR) is 121 cm³/mol. The van der Waals surface area contributed by atoms with E-state index in [-0.39, 0.29) is 11.6 Å². The zero-order valence-electron chi connectivity index (χ0n) is 16.1. The molecule has 7 heteroatoms. The number of rotatable bonds is 7. The average Bonchev–Trinajstić information content (AvgIpc) is 2.72. The molecular formula is C22H22Cl2NO3P. The first kappa shape index (κ1) is 21.9. The largest absolute Gasteiger partial charge is 0.378 e. The van der Waals surface area contributed by atoms with Crippen LogP contribution < -0.4 is 10.2 Å². The molecule has 0 unspecified atom stereocenters. The Morgan fingerprint density at radius 3 is 2.24 bits per heavy atom. The summed E-state index contributed by atoms with van der Waals surface area (Å²) in [7, 11) is 0.106. The summed E-state index contributed by atoms with van der Waals surface area (Å²) in [6.45, 7) is 0.0931. The van der Waals surface area contributed by atoms with E-state index in [9.17, 15) is 9.67 Å². The quantitative estimate of drug-likeness (QED) is 0.458. The van der Waals surface area contributed by atoms with E-state index in [2.05, 4.69) is 0 Å². The Balaban J connectivity index is 2.01. The van der Waals surface area contributed by atoms with Gasteiger partial charge in [0, 0.05) is 40.7 Å². The van der Waals surface area contributed by atoms with Gasteiger partial charge < -0.3 is 14.5 Å². The standard InChI is InChI=1S/C22H22Cl2NO3P/c1-25(2)18-9-11-19(12-10-18)29(27,28-15-16-6-4-3-5-7-16)22(26)20-13-8-17(23)14-21(20)24/h3-14,22,26H,15H2,1-2H3/t22-,29-/m1/s1. The monoisotopic (exact) mass is 449 g/mol. The van der Waals surface area contributed by atoms with Crippen molar-refractivity contribution in [2.24, 2.45) is 0 Å². The molecule has 152 valence electrons. The Morgan fingerprint density at radius 2 is 1.66 bits per heavy atom. The third-order valence-corrected chi connectivity index (χ3v) is 7.57. The maximum Gasteiger partial charge on any atom is 0.264 e. The molecular weight excluding hydrogens is 428 g/mol. The van der Waals surface area contributed by atoms with Gasteiger partial charge in [0.05, 0.1) is 6.61 Å². The van der Waals surface area contributed by atoms with E-state index in [1.807, 2.05) is 61.5 Å². The van der Waals surface area contributed by atoms with Gasteiger partial charge in [0.15, 0.2) is 5.85 Å². The highest BCUT2D eigenvalue weighted by molar-refractivity contribution is 7.67. The molecule has 0 aliphatic carbocycles. The van der Waals surface area contributed by atoms with Crippen molar-refractivity contribution in [1.82, 2.24) is 0 Å². The predicted octanol–water partition coefficient (Wildman–Crippen LogP) is 5.87. The lowest BCUT2D eigenvalue weighted by molar-refractivity contribution is 0.210. The molecule has 4 nitrogen and oxygen atoms in total. The number of anilines is 1. The van der Waals surface area contributed by atoms with Crippen molar-refractivity contribution in [3.8, 4) is 0 Å². The van der Waals surface area contributed by atoms with Gasteiger partial charge in [-0.2, -0.15) is 0 Å². The molecule has 1 N–H and O–H groups in total. The summed E-state index contributed by atoms with van der Waals surface area (Å²) in [5, 5.41) is 12.2. The molecule has 0 radical (unpaired) electrons. The van der Waals surface area contributed by atoms with Crippen molar-refractivity contribution in [3.63, 3.8) is 0 Å². The van der Waals surface area contributed by atoms with Gasteiger partial charge in [-0.25, -0.2) is 0 Å². The van der Waals surface area contributed by atoms with Gasteiger partial charge >= 0.3 is 0 Å². The third-order valence-electron chi connectivity index (χ3n) is 4.55. The lowest BCUT2D eigenvalue weighted by atomic mass is 10.2. The van der Waals surface area contributed by atoms with Crippen LogP contribution in [0.15, 0.2) is 72.8 Å². The fourth-order valence-electron chi connectivity index (χ4n) is 2.88. The van der Waals surface area contributed by atoms with Gasteiger partial charge in [0.2, 0.25) is 0 Å². The van der Waals surface area contributed by atoms with Crippen LogP contribution in [0, 0.1) is 0 Å². The van der Waals surface area contributed by atoms with Crippen LogP contribution in [-0.2, 0) is 15.7 Å². The molecule has 3 aromatic carbocycles. The highest BCUT2D eigenvalue weighted by atomic mass is 35.5. The SMILES string of the molecule is CN(C)c1ccc([P@@](=O)(OCc2ccccc2)[C@@H](O)c2ccc(Cl)cc2Cl)cc1. The molecule has 0 amide bonds. The average molecular weight is 450 g/mol. The van der Waals surface area contributed by atoms with Gasteiger partial charge in [-0.3, -0.25) is 4.57 Å². The Labute approximate surface area is 181 Å². The van der Waals surface area contributed by atoms with Crippen molar-refractivity contribution in [2.75, 3.05) is 19.0 Å². The van der Waals surface area contributed by atoms with Gasteiger partial charge in [0.1, 0.15) is 0 Å². The second-order valence-corrected chi connectivity index (χ2v) is 10.1. The second kappa shape index (κ2) is 9.34. The normalized spacial score (nSPS) is 14.2. The first-order valence-corrected chi connectivity index (χ1v) is 11.5. The van der Waals surface area contributed by atoms with E-state index in [1.165, 1.54) is 6.07 Å². The lowest BCUT2D eigenvalue weighted by Crippen LogP contribution is -2.16. The number of nitrogens with zero attached hydrogens (tertiary/aromatic N) is 1. The minimum atomic E-state index is -3.73. The molecule has 2 atom stereocenters. The molecule has 29 heavy (non-hydrogen) atoms. The molecule has 3 rings (SSSR count). The number of hydrogen-bond acceptors (Lipinski definition) is 4. The zero-order valence-corrected chi connectivity index (χ0v) is 18.5. The minimum Gasteiger partial charge on any atom is -0.378 e.